The van der Waals surface area contributed by atoms with Crippen LogP contribution in [0.15, 0.2) is 23.1 Å². The lowest BCUT2D eigenvalue weighted by Gasteiger charge is -2.14. The highest BCUT2D eigenvalue weighted by atomic mass is 35.5. The first-order valence-corrected chi connectivity index (χ1v) is 6.99. The topological polar surface area (TPSA) is 46.3 Å². The lowest BCUT2D eigenvalue weighted by atomic mass is 10.3. The molecule has 1 aliphatic heterocycles. The Morgan fingerprint density at radius 2 is 2.12 bits per heavy atom. The molecule has 0 saturated carbocycles. The van der Waals surface area contributed by atoms with Gasteiger partial charge in [0.1, 0.15) is 0 Å². The molecule has 1 aromatic carbocycles. The molecule has 92 valence electrons. The van der Waals surface area contributed by atoms with Gasteiger partial charge in [0.2, 0.25) is 5.91 Å². The van der Waals surface area contributed by atoms with Crippen LogP contribution in [0.4, 0.5) is 5.69 Å². The Morgan fingerprint density at radius 1 is 1.41 bits per heavy atom. The van der Waals surface area contributed by atoms with Gasteiger partial charge in [-0.2, -0.15) is 0 Å². The maximum Gasteiger partial charge on any atom is 0.232 e. The first kappa shape index (κ1) is 12.6. The van der Waals surface area contributed by atoms with Gasteiger partial charge in [0.05, 0.1) is 10.8 Å². The highest BCUT2D eigenvalue weighted by Gasteiger charge is 2.18. The number of hydrogen-bond donors (Lipinski definition) is 1. The first-order valence-electron chi connectivity index (χ1n) is 5.62. The molecule has 0 aliphatic carbocycles. The van der Waals surface area contributed by atoms with E-state index in [2.05, 4.69) is 0 Å². The molecule has 5 heteroatoms. The molecular formula is C12H15ClN2OS. The lowest BCUT2D eigenvalue weighted by Crippen LogP contribution is -2.29. The highest BCUT2D eigenvalue weighted by molar-refractivity contribution is 8.00. The zero-order chi connectivity index (χ0) is 12.3. The largest absolute Gasteiger partial charge is 0.399 e. The minimum atomic E-state index is 0.195. The highest BCUT2D eigenvalue weighted by Crippen LogP contribution is 2.29. The average Bonchev–Trinajstić information content (AvgIpc) is 2.81. The molecule has 1 fully saturated rings. The van der Waals surface area contributed by atoms with Crippen LogP contribution in [0.25, 0.3) is 0 Å². The predicted octanol–water partition coefficient (Wildman–Crippen LogP) is 2.64. The van der Waals surface area contributed by atoms with Crippen LogP contribution >= 0.6 is 23.4 Å². The van der Waals surface area contributed by atoms with E-state index >= 15 is 0 Å². The predicted molar refractivity (Wildman–Crippen MR) is 72.4 cm³/mol. The maximum absolute atomic E-state index is 11.8. The van der Waals surface area contributed by atoms with Crippen molar-refractivity contribution in [3.63, 3.8) is 0 Å². The number of rotatable bonds is 3. The number of amides is 1. The van der Waals surface area contributed by atoms with Crippen LogP contribution in [-0.2, 0) is 4.79 Å². The lowest BCUT2D eigenvalue weighted by molar-refractivity contribution is -0.127. The zero-order valence-corrected chi connectivity index (χ0v) is 11.1. The summed E-state index contributed by atoms with van der Waals surface area (Å²) in [6.45, 7) is 1.80. The van der Waals surface area contributed by atoms with Crippen LogP contribution in [0.3, 0.4) is 0 Å². The number of anilines is 1. The van der Waals surface area contributed by atoms with Crippen molar-refractivity contribution in [3.05, 3.63) is 23.2 Å². The summed E-state index contributed by atoms with van der Waals surface area (Å²) < 4.78 is 0. The molecule has 0 spiro atoms. The van der Waals surface area contributed by atoms with E-state index in [1.54, 1.807) is 12.1 Å². The minimum Gasteiger partial charge on any atom is -0.399 e. The van der Waals surface area contributed by atoms with Gasteiger partial charge in [-0.1, -0.05) is 11.6 Å². The van der Waals surface area contributed by atoms with Crippen LogP contribution in [0.5, 0.6) is 0 Å². The third kappa shape index (κ3) is 3.30. The maximum atomic E-state index is 11.8. The molecule has 0 bridgehead atoms. The molecular weight excluding hydrogens is 256 g/mol. The van der Waals surface area contributed by atoms with Gasteiger partial charge in [-0.3, -0.25) is 4.79 Å². The van der Waals surface area contributed by atoms with E-state index in [9.17, 15) is 4.79 Å². The number of benzene rings is 1. The van der Waals surface area contributed by atoms with E-state index in [4.69, 9.17) is 17.3 Å². The van der Waals surface area contributed by atoms with Gasteiger partial charge in [-0.05, 0) is 31.0 Å². The Kier molecular flexibility index (Phi) is 4.18. The normalized spacial score (nSPS) is 15.2. The third-order valence-corrected chi connectivity index (χ3v) is 4.25. The summed E-state index contributed by atoms with van der Waals surface area (Å²) >= 11 is 7.52. The first-order chi connectivity index (χ1) is 8.16. The molecule has 2 rings (SSSR count). The van der Waals surface area contributed by atoms with Crippen molar-refractivity contribution in [2.24, 2.45) is 0 Å². The Morgan fingerprint density at radius 3 is 2.76 bits per heavy atom. The Labute approximate surface area is 110 Å². The molecule has 17 heavy (non-hydrogen) atoms. The van der Waals surface area contributed by atoms with Crippen molar-refractivity contribution < 1.29 is 4.79 Å². The van der Waals surface area contributed by atoms with Crippen molar-refractivity contribution in [2.75, 3.05) is 24.6 Å². The number of carbonyl (C=O) groups is 1. The molecule has 1 saturated heterocycles. The van der Waals surface area contributed by atoms with E-state index < -0.39 is 0 Å². The fourth-order valence-corrected chi connectivity index (χ4v) is 3.01. The Hall–Kier alpha value is -0.870. The second kappa shape index (κ2) is 5.65. The molecule has 2 N–H and O–H groups in total. The number of nitrogen functional groups attached to an aromatic ring is 1. The SMILES string of the molecule is Nc1ccc(SCC(=O)N2CCCC2)c(Cl)c1. The number of hydrogen-bond acceptors (Lipinski definition) is 3. The smallest absolute Gasteiger partial charge is 0.232 e. The summed E-state index contributed by atoms with van der Waals surface area (Å²) in [5, 5.41) is 0.615. The number of carbonyl (C=O) groups excluding carboxylic acids is 1. The second-order valence-corrected chi connectivity index (χ2v) is 5.49. The van der Waals surface area contributed by atoms with Gasteiger partial charge in [0.15, 0.2) is 0 Å². The van der Waals surface area contributed by atoms with E-state index in [0.717, 1.165) is 30.8 Å². The van der Waals surface area contributed by atoms with Gasteiger partial charge in [0, 0.05) is 23.7 Å². The Bertz CT molecular complexity index is 419. The number of halogens is 1. The van der Waals surface area contributed by atoms with Gasteiger partial charge < -0.3 is 10.6 Å². The summed E-state index contributed by atoms with van der Waals surface area (Å²) in [5.41, 5.74) is 6.26. The molecule has 1 heterocycles. The number of thioether (sulfide) groups is 1. The molecule has 1 amide bonds. The van der Waals surface area contributed by atoms with Crippen molar-refractivity contribution in [3.8, 4) is 0 Å². The van der Waals surface area contributed by atoms with E-state index in [-0.39, 0.29) is 5.91 Å². The molecule has 1 aromatic rings. The summed E-state index contributed by atoms with van der Waals surface area (Å²) in [4.78, 5) is 14.7. The molecule has 0 aromatic heterocycles. The van der Waals surface area contributed by atoms with Crippen LogP contribution in [0, 0.1) is 0 Å². The molecule has 0 unspecified atom stereocenters. The summed E-state index contributed by atoms with van der Waals surface area (Å²) in [6.07, 6.45) is 2.25. The van der Waals surface area contributed by atoms with E-state index in [1.807, 2.05) is 11.0 Å². The monoisotopic (exact) mass is 270 g/mol. The van der Waals surface area contributed by atoms with Gasteiger partial charge in [-0.25, -0.2) is 0 Å². The third-order valence-electron chi connectivity index (χ3n) is 2.77. The van der Waals surface area contributed by atoms with Gasteiger partial charge in [-0.15, -0.1) is 11.8 Å². The fourth-order valence-electron chi connectivity index (χ4n) is 1.83. The number of nitrogens with zero attached hydrogens (tertiary/aromatic N) is 1. The second-order valence-electron chi connectivity index (χ2n) is 4.07. The van der Waals surface area contributed by atoms with Gasteiger partial charge >= 0.3 is 0 Å². The van der Waals surface area contributed by atoms with Crippen molar-refractivity contribution in [1.82, 2.24) is 4.90 Å². The van der Waals surface area contributed by atoms with Crippen molar-refractivity contribution in [1.29, 1.82) is 0 Å². The van der Waals surface area contributed by atoms with Crippen LogP contribution < -0.4 is 5.73 Å². The average molecular weight is 271 g/mol. The molecule has 3 nitrogen and oxygen atoms in total. The van der Waals surface area contributed by atoms with E-state index in [1.165, 1.54) is 11.8 Å². The standard InChI is InChI=1S/C12H15ClN2OS/c13-10-7-9(14)3-4-11(10)17-8-12(16)15-5-1-2-6-15/h3-4,7H,1-2,5-6,8,14H2. The quantitative estimate of drug-likeness (QED) is 0.678. The minimum absolute atomic E-state index is 0.195. The van der Waals surface area contributed by atoms with Gasteiger partial charge in [0.25, 0.3) is 0 Å². The summed E-state index contributed by atoms with van der Waals surface area (Å²) in [6, 6.07) is 5.37. The van der Waals surface area contributed by atoms with Crippen LogP contribution in [0.1, 0.15) is 12.8 Å². The van der Waals surface area contributed by atoms with Crippen molar-refractivity contribution in [2.45, 2.75) is 17.7 Å². The zero-order valence-electron chi connectivity index (χ0n) is 9.49. The molecule has 0 radical (unpaired) electrons. The Balaban J connectivity index is 1.90. The summed E-state index contributed by atoms with van der Waals surface area (Å²) in [7, 11) is 0. The number of likely N-dealkylation sites (tertiary alicyclic amines) is 1. The van der Waals surface area contributed by atoms with E-state index in [0.29, 0.717) is 16.5 Å². The fraction of sp³-hybridized carbons (Fsp3) is 0.417. The molecule has 1 aliphatic rings. The van der Waals surface area contributed by atoms with Crippen LogP contribution in [-0.4, -0.2) is 29.6 Å². The number of nitrogens with two attached hydrogens (primary N) is 1. The van der Waals surface area contributed by atoms with Crippen LogP contribution in [0.2, 0.25) is 5.02 Å². The summed E-state index contributed by atoms with van der Waals surface area (Å²) in [5.74, 6) is 0.643. The van der Waals surface area contributed by atoms with Crippen molar-refractivity contribution >= 4 is 35.0 Å². The molecule has 0 atom stereocenters.